The van der Waals surface area contributed by atoms with E-state index in [9.17, 15) is 27.6 Å². The molecular formula is C17H13F3N2O3. The summed E-state index contributed by atoms with van der Waals surface area (Å²) in [6, 6.07) is 9.77. The van der Waals surface area contributed by atoms with Gasteiger partial charge in [-0.1, -0.05) is 6.07 Å². The van der Waals surface area contributed by atoms with Gasteiger partial charge in [-0.05, 0) is 49.4 Å². The molecule has 0 heterocycles. The Labute approximate surface area is 140 Å². The van der Waals surface area contributed by atoms with Crippen molar-refractivity contribution in [2.75, 3.05) is 10.6 Å². The normalized spacial score (nSPS) is 10.9. The highest BCUT2D eigenvalue weighted by atomic mass is 19.4. The van der Waals surface area contributed by atoms with Gasteiger partial charge >= 0.3 is 18.0 Å². The van der Waals surface area contributed by atoms with E-state index in [4.69, 9.17) is 0 Å². The molecule has 2 aromatic carbocycles. The van der Waals surface area contributed by atoms with Crippen LogP contribution in [0.1, 0.15) is 22.8 Å². The minimum Gasteiger partial charge on any atom is -0.318 e. The van der Waals surface area contributed by atoms with Crippen LogP contribution < -0.4 is 10.6 Å². The number of hydrogen-bond donors (Lipinski definition) is 2. The largest absolute Gasteiger partial charge is 0.416 e. The van der Waals surface area contributed by atoms with Gasteiger partial charge in [-0.15, -0.1) is 0 Å². The van der Waals surface area contributed by atoms with Gasteiger partial charge in [0.1, 0.15) is 0 Å². The van der Waals surface area contributed by atoms with E-state index < -0.39 is 23.6 Å². The highest BCUT2D eigenvalue weighted by Crippen LogP contribution is 2.30. The molecule has 5 nitrogen and oxygen atoms in total. The zero-order chi connectivity index (χ0) is 18.6. The zero-order valence-corrected chi connectivity index (χ0v) is 13.0. The van der Waals surface area contributed by atoms with Crippen LogP contribution in [-0.2, 0) is 15.8 Å². The maximum absolute atomic E-state index is 12.6. The number of nitrogens with one attached hydrogen (secondary N) is 2. The molecule has 0 aromatic heterocycles. The van der Waals surface area contributed by atoms with Crippen LogP contribution in [0.3, 0.4) is 0 Å². The first-order valence-corrected chi connectivity index (χ1v) is 7.07. The first-order chi connectivity index (χ1) is 11.7. The molecule has 8 heteroatoms. The maximum Gasteiger partial charge on any atom is 0.416 e. The highest BCUT2D eigenvalue weighted by Gasteiger charge is 2.30. The molecular weight excluding hydrogens is 337 g/mol. The summed E-state index contributed by atoms with van der Waals surface area (Å²) in [7, 11) is 0. The van der Waals surface area contributed by atoms with Gasteiger partial charge in [-0.25, -0.2) is 0 Å². The molecule has 0 aliphatic carbocycles. The Morgan fingerprint density at radius 2 is 1.40 bits per heavy atom. The molecule has 0 saturated heterocycles. The van der Waals surface area contributed by atoms with Crippen molar-refractivity contribution in [2.24, 2.45) is 0 Å². The van der Waals surface area contributed by atoms with Gasteiger partial charge in [0.15, 0.2) is 5.78 Å². The summed E-state index contributed by atoms with van der Waals surface area (Å²) in [5, 5.41) is 4.39. The van der Waals surface area contributed by atoms with Crippen molar-refractivity contribution in [3.63, 3.8) is 0 Å². The van der Waals surface area contributed by atoms with Crippen LogP contribution in [0, 0.1) is 0 Å². The number of ketones is 1. The first-order valence-electron chi connectivity index (χ1n) is 7.07. The molecule has 2 amide bonds. The van der Waals surface area contributed by atoms with Crippen LogP contribution in [0.15, 0.2) is 48.5 Å². The number of carbonyl (C=O) groups excluding carboxylic acids is 3. The molecule has 0 unspecified atom stereocenters. The molecule has 0 aliphatic rings. The average Bonchev–Trinajstić information content (AvgIpc) is 2.54. The number of anilines is 2. The molecule has 130 valence electrons. The standard InChI is InChI=1S/C17H13F3N2O3/c1-10(23)11-5-7-13(8-6-11)21-15(24)16(25)22-14-4-2-3-12(9-14)17(18,19)20/h2-9H,1H3,(H,21,24)(H,22,25). The molecule has 2 N–H and O–H groups in total. The third-order valence-corrected chi connectivity index (χ3v) is 3.20. The van der Waals surface area contributed by atoms with Crippen LogP contribution in [0.4, 0.5) is 24.5 Å². The summed E-state index contributed by atoms with van der Waals surface area (Å²) in [6.07, 6.45) is -4.55. The van der Waals surface area contributed by atoms with E-state index in [1.165, 1.54) is 37.3 Å². The van der Waals surface area contributed by atoms with Crippen LogP contribution in [-0.4, -0.2) is 17.6 Å². The van der Waals surface area contributed by atoms with Gasteiger partial charge in [-0.3, -0.25) is 14.4 Å². The summed E-state index contributed by atoms with van der Waals surface area (Å²) in [5.74, 6) is -2.32. The van der Waals surface area contributed by atoms with Crippen molar-refractivity contribution in [3.8, 4) is 0 Å². The molecule has 0 atom stereocenters. The van der Waals surface area contributed by atoms with Gasteiger partial charge in [-0.2, -0.15) is 13.2 Å². The Balaban J connectivity index is 2.03. The molecule has 0 fully saturated rings. The Morgan fingerprint density at radius 3 is 1.92 bits per heavy atom. The van der Waals surface area contributed by atoms with Gasteiger partial charge in [0.2, 0.25) is 0 Å². The minimum atomic E-state index is -4.55. The highest BCUT2D eigenvalue weighted by molar-refractivity contribution is 6.43. The summed E-state index contributed by atoms with van der Waals surface area (Å²) in [4.78, 5) is 34.8. The van der Waals surface area contributed by atoms with E-state index >= 15 is 0 Å². The zero-order valence-electron chi connectivity index (χ0n) is 13.0. The second kappa shape index (κ2) is 7.16. The Hall–Kier alpha value is -3.16. The smallest absolute Gasteiger partial charge is 0.318 e. The van der Waals surface area contributed by atoms with E-state index in [0.29, 0.717) is 5.56 Å². The fraction of sp³-hybridized carbons (Fsp3) is 0.118. The number of benzene rings is 2. The second-order valence-electron chi connectivity index (χ2n) is 5.12. The van der Waals surface area contributed by atoms with Crippen LogP contribution >= 0.6 is 0 Å². The Kier molecular flexibility index (Phi) is 5.21. The average molecular weight is 350 g/mol. The fourth-order valence-corrected chi connectivity index (χ4v) is 1.94. The second-order valence-corrected chi connectivity index (χ2v) is 5.12. The molecule has 0 saturated carbocycles. The Bertz CT molecular complexity index is 815. The molecule has 0 spiro atoms. The maximum atomic E-state index is 12.6. The third-order valence-electron chi connectivity index (χ3n) is 3.20. The van der Waals surface area contributed by atoms with Gasteiger partial charge in [0.05, 0.1) is 5.56 Å². The van der Waals surface area contributed by atoms with Gasteiger partial charge in [0.25, 0.3) is 0 Å². The quantitative estimate of drug-likeness (QED) is 0.657. The van der Waals surface area contributed by atoms with E-state index in [-0.39, 0.29) is 17.2 Å². The lowest BCUT2D eigenvalue weighted by Crippen LogP contribution is -2.29. The van der Waals surface area contributed by atoms with Crippen molar-refractivity contribution >= 4 is 29.0 Å². The summed E-state index contributed by atoms with van der Waals surface area (Å²) in [5.41, 5.74) is -0.381. The van der Waals surface area contributed by atoms with E-state index in [2.05, 4.69) is 10.6 Å². The Morgan fingerprint density at radius 1 is 0.840 bits per heavy atom. The number of Topliss-reactive ketones (excluding diaryl/α,β-unsaturated/α-hetero) is 1. The van der Waals surface area contributed by atoms with Gasteiger partial charge < -0.3 is 10.6 Å². The van der Waals surface area contributed by atoms with Crippen molar-refractivity contribution in [1.82, 2.24) is 0 Å². The van der Waals surface area contributed by atoms with Crippen LogP contribution in [0.2, 0.25) is 0 Å². The van der Waals surface area contributed by atoms with Crippen molar-refractivity contribution in [3.05, 3.63) is 59.7 Å². The molecule has 0 aliphatic heterocycles. The van der Waals surface area contributed by atoms with Gasteiger partial charge in [0, 0.05) is 16.9 Å². The third kappa shape index (κ3) is 4.90. The van der Waals surface area contributed by atoms with E-state index in [1.807, 2.05) is 0 Å². The van der Waals surface area contributed by atoms with Crippen molar-refractivity contribution < 1.29 is 27.6 Å². The predicted molar refractivity (Wildman–Crippen MR) is 85.1 cm³/mol. The number of rotatable bonds is 3. The lowest BCUT2D eigenvalue weighted by atomic mass is 10.1. The lowest BCUT2D eigenvalue weighted by molar-refractivity contribution is -0.137. The minimum absolute atomic E-state index is 0.151. The molecule has 0 radical (unpaired) electrons. The number of hydrogen-bond acceptors (Lipinski definition) is 3. The van der Waals surface area contributed by atoms with Crippen molar-refractivity contribution in [2.45, 2.75) is 13.1 Å². The SMILES string of the molecule is CC(=O)c1ccc(NC(=O)C(=O)Nc2cccc(C(F)(F)F)c2)cc1. The molecule has 2 rings (SSSR count). The van der Waals surface area contributed by atoms with Crippen molar-refractivity contribution in [1.29, 1.82) is 0 Å². The predicted octanol–water partition coefficient (Wildman–Crippen LogP) is 3.49. The van der Waals surface area contributed by atoms with Crippen LogP contribution in [0.25, 0.3) is 0 Å². The van der Waals surface area contributed by atoms with Crippen LogP contribution in [0.5, 0.6) is 0 Å². The molecule has 0 bridgehead atoms. The molecule has 2 aromatic rings. The summed E-state index contributed by atoms with van der Waals surface area (Å²) in [6.45, 7) is 1.39. The molecule has 25 heavy (non-hydrogen) atoms. The number of alkyl halides is 3. The monoisotopic (exact) mass is 350 g/mol. The van der Waals surface area contributed by atoms with E-state index in [0.717, 1.165) is 18.2 Å². The first kappa shape index (κ1) is 18.2. The number of amides is 2. The van der Waals surface area contributed by atoms with E-state index in [1.54, 1.807) is 0 Å². The number of carbonyl (C=O) groups is 3. The lowest BCUT2D eigenvalue weighted by Gasteiger charge is -2.10. The topological polar surface area (TPSA) is 75.3 Å². The number of halogens is 3. The summed E-state index contributed by atoms with van der Waals surface area (Å²) < 4.78 is 37.9. The summed E-state index contributed by atoms with van der Waals surface area (Å²) >= 11 is 0. The fourth-order valence-electron chi connectivity index (χ4n) is 1.94.